The van der Waals surface area contributed by atoms with E-state index in [1.807, 2.05) is 7.05 Å². The lowest BCUT2D eigenvalue weighted by Gasteiger charge is -2.36. The van der Waals surface area contributed by atoms with Gasteiger partial charge in [0.2, 0.25) is 5.95 Å². The zero-order valence-electron chi connectivity index (χ0n) is 8.39. The largest absolute Gasteiger partial charge is 0.336 e. The van der Waals surface area contributed by atoms with Crippen molar-refractivity contribution >= 4 is 21.9 Å². The minimum atomic E-state index is 0.452. The summed E-state index contributed by atoms with van der Waals surface area (Å²) in [6, 6.07) is 0.452. The smallest absolute Gasteiger partial charge is 0.245 e. The van der Waals surface area contributed by atoms with Crippen molar-refractivity contribution in [1.82, 2.24) is 20.2 Å². The first-order valence-corrected chi connectivity index (χ1v) is 5.75. The molecule has 0 spiro atoms. The van der Waals surface area contributed by atoms with Crippen molar-refractivity contribution in [2.75, 3.05) is 11.4 Å². The number of rotatable bonds is 1. The molecule has 78 valence electrons. The Labute approximate surface area is 91.6 Å². The van der Waals surface area contributed by atoms with Gasteiger partial charge in [-0.1, -0.05) is 21.0 Å². The number of piperidine rings is 1. The molecule has 14 heavy (non-hydrogen) atoms. The Kier molecular flexibility index (Phi) is 2.71. The molecule has 2 unspecified atom stereocenters. The number of hydrogen-bond acceptors (Lipinski definition) is 4. The maximum absolute atomic E-state index is 4.03. The summed E-state index contributed by atoms with van der Waals surface area (Å²) in [5.74, 6) is 0.863. The molecule has 6 heteroatoms. The van der Waals surface area contributed by atoms with Gasteiger partial charge in [0.15, 0.2) is 0 Å². The van der Waals surface area contributed by atoms with E-state index in [0.717, 1.165) is 12.5 Å². The molecular weight excluding hydrogens is 246 g/mol. The second-order valence-electron chi connectivity index (χ2n) is 3.69. The van der Waals surface area contributed by atoms with Crippen molar-refractivity contribution < 1.29 is 0 Å². The van der Waals surface area contributed by atoms with Crippen LogP contribution in [0.5, 0.6) is 0 Å². The predicted octanol–water partition coefficient (Wildman–Crippen LogP) is 0.962. The molecule has 0 N–H and O–H groups in total. The van der Waals surface area contributed by atoms with Crippen LogP contribution < -0.4 is 4.90 Å². The lowest BCUT2D eigenvalue weighted by atomic mass is 10.0. The molecule has 0 aromatic carbocycles. The minimum absolute atomic E-state index is 0.452. The van der Waals surface area contributed by atoms with E-state index in [-0.39, 0.29) is 0 Å². The van der Waals surface area contributed by atoms with E-state index in [1.165, 1.54) is 12.8 Å². The third kappa shape index (κ3) is 1.63. The monoisotopic (exact) mass is 259 g/mol. The second-order valence-corrected chi connectivity index (χ2v) is 4.87. The van der Waals surface area contributed by atoms with Gasteiger partial charge in [-0.3, -0.25) is 0 Å². The number of anilines is 1. The van der Waals surface area contributed by atoms with E-state index in [2.05, 4.69) is 43.3 Å². The van der Waals surface area contributed by atoms with Gasteiger partial charge >= 0.3 is 0 Å². The van der Waals surface area contributed by atoms with Crippen LogP contribution in [0.1, 0.15) is 19.8 Å². The first-order valence-electron chi connectivity index (χ1n) is 4.83. The van der Waals surface area contributed by atoms with Crippen molar-refractivity contribution in [2.45, 2.75) is 30.6 Å². The highest BCUT2D eigenvalue weighted by Crippen LogP contribution is 2.26. The van der Waals surface area contributed by atoms with Gasteiger partial charge < -0.3 is 4.90 Å². The Morgan fingerprint density at radius 2 is 2.29 bits per heavy atom. The zero-order chi connectivity index (χ0) is 10.1. The average Bonchev–Trinajstić information content (AvgIpc) is 2.57. The molecule has 1 aromatic heterocycles. The van der Waals surface area contributed by atoms with E-state index in [9.17, 15) is 0 Å². The number of nitrogens with zero attached hydrogens (tertiary/aromatic N) is 5. The van der Waals surface area contributed by atoms with Gasteiger partial charge in [0.25, 0.3) is 0 Å². The van der Waals surface area contributed by atoms with E-state index in [1.54, 1.807) is 4.68 Å². The van der Waals surface area contributed by atoms with Crippen LogP contribution >= 0.6 is 15.9 Å². The van der Waals surface area contributed by atoms with Crippen molar-refractivity contribution in [1.29, 1.82) is 0 Å². The van der Waals surface area contributed by atoms with Crippen LogP contribution in [0.3, 0.4) is 0 Å². The lowest BCUT2D eigenvalue weighted by Crippen LogP contribution is -2.45. The zero-order valence-corrected chi connectivity index (χ0v) is 9.98. The first-order chi connectivity index (χ1) is 6.70. The van der Waals surface area contributed by atoms with Gasteiger partial charge in [0.05, 0.1) is 0 Å². The molecule has 1 aromatic rings. The highest BCUT2D eigenvalue weighted by atomic mass is 79.9. The minimum Gasteiger partial charge on any atom is -0.336 e. The van der Waals surface area contributed by atoms with Crippen molar-refractivity contribution in [2.24, 2.45) is 7.05 Å². The number of tetrazole rings is 1. The third-order valence-corrected chi connectivity index (χ3v) is 3.97. The van der Waals surface area contributed by atoms with Gasteiger partial charge in [-0.2, -0.15) is 0 Å². The van der Waals surface area contributed by atoms with Crippen LogP contribution in [-0.2, 0) is 7.05 Å². The van der Waals surface area contributed by atoms with Crippen LogP contribution in [0, 0.1) is 0 Å². The van der Waals surface area contributed by atoms with Crippen LogP contribution in [0.2, 0.25) is 0 Å². The molecule has 1 saturated heterocycles. The summed E-state index contributed by atoms with van der Waals surface area (Å²) in [6.45, 7) is 3.24. The summed E-state index contributed by atoms with van der Waals surface area (Å²) >= 11 is 3.68. The second kappa shape index (κ2) is 3.84. The Hall–Kier alpha value is -0.650. The molecule has 1 fully saturated rings. The standard InChI is InChI=1S/C8H14BrN5/c1-6-7(9)4-3-5-14(6)8-10-11-12-13(8)2/h6-7H,3-5H2,1-2H3. The molecule has 1 aliphatic rings. The molecule has 0 radical (unpaired) electrons. The molecule has 2 atom stereocenters. The van der Waals surface area contributed by atoms with Gasteiger partial charge in [0, 0.05) is 24.5 Å². The molecule has 2 rings (SSSR count). The third-order valence-electron chi connectivity index (χ3n) is 2.75. The van der Waals surface area contributed by atoms with Gasteiger partial charge in [0.1, 0.15) is 0 Å². The lowest BCUT2D eigenvalue weighted by molar-refractivity contribution is 0.487. The molecule has 2 heterocycles. The number of halogens is 1. The Morgan fingerprint density at radius 1 is 1.50 bits per heavy atom. The number of aryl methyl sites for hydroxylation is 1. The van der Waals surface area contributed by atoms with E-state index >= 15 is 0 Å². The van der Waals surface area contributed by atoms with Crippen LogP contribution in [0.15, 0.2) is 0 Å². The maximum atomic E-state index is 4.03. The molecule has 0 saturated carbocycles. The van der Waals surface area contributed by atoms with Crippen LogP contribution in [0.4, 0.5) is 5.95 Å². The summed E-state index contributed by atoms with van der Waals surface area (Å²) < 4.78 is 1.72. The summed E-state index contributed by atoms with van der Waals surface area (Å²) in [5, 5.41) is 11.5. The summed E-state index contributed by atoms with van der Waals surface area (Å²) in [4.78, 5) is 2.79. The van der Waals surface area contributed by atoms with Crippen LogP contribution in [-0.4, -0.2) is 37.6 Å². The normalized spacial score (nSPS) is 28.1. The van der Waals surface area contributed by atoms with Crippen molar-refractivity contribution in [3.8, 4) is 0 Å². The SMILES string of the molecule is CC1C(Br)CCCN1c1nnnn1C. The Bertz CT molecular complexity index is 312. The van der Waals surface area contributed by atoms with Crippen molar-refractivity contribution in [3.05, 3.63) is 0 Å². The van der Waals surface area contributed by atoms with E-state index < -0.39 is 0 Å². The Morgan fingerprint density at radius 3 is 2.93 bits per heavy atom. The highest BCUT2D eigenvalue weighted by Gasteiger charge is 2.28. The summed E-state index contributed by atoms with van der Waals surface area (Å²) in [6.07, 6.45) is 2.41. The maximum Gasteiger partial charge on any atom is 0.245 e. The number of hydrogen-bond donors (Lipinski definition) is 0. The number of alkyl halides is 1. The number of aromatic nitrogens is 4. The van der Waals surface area contributed by atoms with E-state index in [4.69, 9.17) is 0 Å². The topological polar surface area (TPSA) is 46.8 Å². The molecule has 5 nitrogen and oxygen atoms in total. The molecule has 1 aliphatic heterocycles. The molecule has 0 aliphatic carbocycles. The summed E-state index contributed by atoms with van der Waals surface area (Å²) in [7, 11) is 1.87. The fourth-order valence-corrected chi connectivity index (χ4v) is 2.46. The highest BCUT2D eigenvalue weighted by molar-refractivity contribution is 9.09. The van der Waals surface area contributed by atoms with Crippen LogP contribution in [0.25, 0.3) is 0 Å². The van der Waals surface area contributed by atoms with E-state index in [0.29, 0.717) is 10.9 Å². The van der Waals surface area contributed by atoms with Gasteiger partial charge in [-0.15, -0.1) is 0 Å². The average molecular weight is 260 g/mol. The quantitative estimate of drug-likeness (QED) is 0.706. The fraction of sp³-hybridized carbons (Fsp3) is 0.875. The molecule has 0 amide bonds. The summed E-state index contributed by atoms with van der Waals surface area (Å²) in [5.41, 5.74) is 0. The van der Waals surface area contributed by atoms with Gasteiger partial charge in [-0.25, -0.2) is 4.68 Å². The predicted molar refractivity (Wildman–Crippen MR) is 57.6 cm³/mol. The molecular formula is C8H14BrN5. The molecule has 0 bridgehead atoms. The first kappa shape index (κ1) is 9.89. The fourth-order valence-electron chi connectivity index (χ4n) is 1.85. The Balaban J connectivity index is 2.21. The van der Waals surface area contributed by atoms with Gasteiger partial charge in [-0.05, 0) is 30.2 Å². The van der Waals surface area contributed by atoms with Crippen molar-refractivity contribution in [3.63, 3.8) is 0 Å².